The summed E-state index contributed by atoms with van der Waals surface area (Å²) in [7, 11) is 0.640. The summed E-state index contributed by atoms with van der Waals surface area (Å²) in [4.78, 5) is 10.1. The quantitative estimate of drug-likeness (QED) is 0.543. The molecule has 0 heterocycles. The van der Waals surface area contributed by atoms with Crippen LogP contribution in [0.15, 0.2) is 0 Å². The van der Waals surface area contributed by atoms with E-state index in [1.807, 2.05) is 0 Å². The first-order chi connectivity index (χ1) is 4.89. The minimum Gasteiger partial charge on any atom is -0.246 e. The first kappa shape index (κ1) is 10.1. The SMILES string of the molecule is CC[N]C(=O)N(C)C(F)(F)F. The fourth-order valence-electron chi connectivity index (χ4n) is 0.350. The molecule has 11 heavy (non-hydrogen) atoms. The fourth-order valence-corrected chi connectivity index (χ4v) is 0.350. The summed E-state index contributed by atoms with van der Waals surface area (Å²) in [5.74, 6) is 0. The van der Waals surface area contributed by atoms with E-state index < -0.39 is 12.3 Å². The summed E-state index contributed by atoms with van der Waals surface area (Å²) in [6, 6.07) is -1.26. The van der Waals surface area contributed by atoms with Gasteiger partial charge in [-0.25, -0.2) is 15.0 Å². The number of halogens is 3. The van der Waals surface area contributed by atoms with Gasteiger partial charge in [-0.05, 0) is 6.92 Å². The molecule has 3 nitrogen and oxygen atoms in total. The molecule has 0 saturated heterocycles. The van der Waals surface area contributed by atoms with Gasteiger partial charge in [0.2, 0.25) is 0 Å². The molecular weight excluding hydrogens is 161 g/mol. The van der Waals surface area contributed by atoms with Crippen LogP contribution in [-0.4, -0.2) is 30.8 Å². The molecule has 0 unspecified atom stereocenters. The molecule has 0 rings (SSSR count). The van der Waals surface area contributed by atoms with Crippen molar-refractivity contribution in [3.05, 3.63) is 0 Å². The van der Waals surface area contributed by atoms with Gasteiger partial charge in [-0.1, -0.05) is 0 Å². The zero-order valence-electron chi connectivity index (χ0n) is 6.14. The van der Waals surface area contributed by atoms with Crippen LogP contribution in [-0.2, 0) is 0 Å². The Balaban J connectivity index is 4.03. The van der Waals surface area contributed by atoms with Gasteiger partial charge >= 0.3 is 12.3 Å². The van der Waals surface area contributed by atoms with Crippen molar-refractivity contribution in [2.45, 2.75) is 13.2 Å². The van der Waals surface area contributed by atoms with E-state index in [1.165, 1.54) is 6.92 Å². The lowest BCUT2D eigenvalue weighted by Crippen LogP contribution is -2.42. The van der Waals surface area contributed by atoms with E-state index in [0.717, 1.165) is 0 Å². The van der Waals surface area contributed by atoms with E-state index in [4.69, 9.17) is 0 Å². The number of hydrogen-bond acceptors (Lipinski definition) is 1. The second kappa shape index (κ2) is 3.45. The molecular formula is C5H8F3N2O. The molecule has 6 heteroatoms. The third kappa shape index (κ3) is 3.10. The molecule has 0 aliphatic rings. The van der Waals surface area contributed by atoms with Crippen LogP contribution in [0, 0.1) is 0 Å². The van der Waals surface area contributed by atoms with Crippen LogP contribution in [0.25, 0.3) is 0 Å². The van der Waals surface area contributed by atoms with Gasteiger partial charge in [-0.2, -0.15) is 0 Å². The van der Waals surface area contributed by atoms with Crippen molar-refractivity contribution in [2.75, 3.05) is 13.6 Å². The van der Waals surface area contributed by atoms with Gasteiger partial charge in [0.1, 0.15) is 0 Å². The Morgan fingerprint density at radius 3 is 2.27 bits per heavy atom. The van der Waals surface area contributed by atoms with E-state index >= 15 is 0 Å². The molecule has 1 radical (unpaired) electrons. The van der Waals surface area contributed by atoms with Gasteiger partial charge in [0.05, 0.1) is 0 Å². The van der Waals surface area contributed by atoms with E-state index in [9.17, 15) is 18.0 Å². The number of rotatable bonds is 1. The molecule has 0 aliphatic heterocycles. The molecule has 0 aliphatic carbocycles. The van der Waals surface area contributed by atoms with Gasteiger partial charge in [-0.3, -0.25) is 0 Å². The van der Waals surface area contributed by atoms with Crippen LogP contribution in [0.5, 0.6) is 0 Å². The first-order valence-corrected chi connectivity index (χ1v) is 2.91. The monoisotopic (exact) mass is 169 g/mol. The van der Waals surface area contributed by atoms with Crippen molar-refractivity contribution < 1.29 is 18.0 Å². The van der Waals surface area contributed by atoms with Crippen molar-refractivity contribution in [3.63, 3.8) is 0 Å². The molecule has 65 valence electrons. The van der Waals surface area contributed by atoms with Crippen LogP contribution in [0.2, 0.25) is 0 Å². The summed E-state index contributed by atoms with van der Waals surface area (Å²) >= 11 is 0. The maximum atomic E-state index is 11.7. The van der Waals surface area contributed by atoms with Gasteiger partial charge in [0.25, 0.3) is 0 Å². The molecule has 0 N–H and O–H groups in total. The highest BCUT2D eigenvalue weighted by Crippen LogP contribution is 2.18. The smallest absolute Gasteiger partial charge is 0.246 e. The highest BCUT2D eigenvalue weighted by molar-refractivity contribution is 5.73. The average Bonchev–Trinajstić information content (AvgIpc) is 1.85. The Bertz CT molecular complexity index is 145. The molecule has 0 spiro atoms. The van der Waals surface area contributed by atoms with E-state index in [-0.39, 0.29) is 11.4 Å². The van der Waals surface area contributed by atoms with Crippen molar-refractivity contribution in [3.8, 4) is 0 Å². The third-order valence-electron chi connectivity index (χ3n) is 0.961. The Kier molecular flexibility index (Phi) is 3.16. The Labute approximate surface area is 62.2 Å². The predicted molar refractivity (Wildman–Crippen MR) is 31.9 cm³/mol. The number of hydrogen-bond donors (Lipinski definition) is 0. The van der Waals surface area contributed by atoms with Crippen LogP contribution in [0.1, 0.15) is 6.92 Å². The minimum atomic E-state index is -4.63. The molecule has 2 amide bonds. The van der Waals surface area contributed by atoms with E-state index in [1.54, 1.807) is 0 Å². The molecule has 0 atom stereocenters. The first-order valence-electron chi connectivity index (χ1n) is 2.91. The largest absolute Gasteiger partial charge is 0.488 e. The number of urea groups is 1. The molecule has 0 aromatic rings. The third-order valence-corrected chi connectivity index (χ3v) is 0.961. The number of amides is 2. The van der Waals surface area contributed by atoms with Crippen LogP contribution >= 0.6 is 0 Å². The maximum absolute atomic E-state index is 11.7. The van der Waals surface area contributed by atoms with Gasteiger partial charge in [-0.15, -0.1) is 13.2 Å². The molecule has 0 fully saturated rings. The Morgan fingerprint density at radius 1 is 1.55 bits per heavy atom. The highest BCUT2D eigenvalue weighted by atomic mass is 19.4. The van der Waals surface area contributed by atoms with E-state index in [0.29, 0.717) is 7.05 Å². The summed E-state index contributed by atoms with van der Waals surface area (Å²) in [6.07, 6.45) is -4.63. The maximum Gasteiger partial charge on any atom is 0.488 e. The number of nitrogens with zero attached hydrogens (tertiary/aromatic N) is 2. The second-order valence-corrected chi connectivity index (χ2v) is 1.78. The molecule has 0 bridgehead atoms. The van der Waals surface area contributed by atoms with Gasteiger partial charge in [0.15, 0.2) is 0 Å². The van der Waals surface area contributed by atoms with Gasteiger partial charge in [0, 0.05) is 13.6 Å². The predicted octanol–water partition coefficient (Wildman–Crippen LogP) is 1.18. The van der Waals surface area contributed by atoms with Crippen molar-refractivity contribution in [1.29, 1.82) is 0 Å². The normalized spacial score (nSPS) is 11.0. The van der Waals surface area contributed by atoms with Crippen molar-refractivity contribution >= 4 is 6.03 Å². The molecule has 0 saturated carbocycles. The number of carbonyl (C=O) groups excluding carboxylic acids is 1. The molecule has 0 aromatic heterocycles. The van der Waals surface area contributed by atoms with E-state index in [2.05, 4.69) is 5.32 Å². The molecule has 0 aromatic carbocycles. The standard InChI is InChI=1S/C5H8F3N2O/c1-3-9-4(11)10(2)5(6,7)8/h3H2,1-2H3. The van der Waals surface area contributed by atoms with Gasteiger partial charge < -0.3 is 0 Å². The summed E-state index contributed by atoms with van der Waals surface area (Å²) in [6.45, 7) is 1.54. The Morgan fingerprint density at radius 2 is 2.00 bits per heavy atom. The summed E-state index contributed by atoms with van der Waals surface area (Å²) < 4.78 is 35.0. The fraction of sp³-hybridized carbons (Fsp3) is 0.800. The summed E-state index contributed by atoms with van der Waals surface area (Å²) in [5.41, 5.74) is 0. The minimum absolute atomic E-state index is 0.0548. The van der Waals surface area contributed by atoms with Crippen molar-refractivity contribution in [2.24, 2.45) is 0 Å². The van der Waals surface area contributed by atoms with Crippen LogP contribution < -0.4 is 5.32 Å². The van der Waals surface area contributed by atoms with Crippen molar-refractivity contribution in [1.82, 2.24) is 10.2 Å². The second-order valence-electron chi connectivity index (χ2n) is 1.78. The lowest BCUT2D eigenvalue weighted by atomic mass is 10.7. The number of alkyl halides is 3. The topological polar surface area (TPSA) is 34.4 Å². The van der Waals surface area contributed by atoms with Crippen LogP contribution in [0.3, 0.4) is 0 Å². The zero-order valence-corrected chi connectivity index (χ0v) is 6.14. The highest BCUT2D eigenvalue weighted by Gasteiger charge is 2.38. The van der Waals surface area contributed by atoms with Crippen LogP contribution in [0.4, 0.5) is 18.0 Å². The lowest BCUT2D eigenvalue weighted by molar-refractivity contribution is -0.215. The average molecular weight is 169 g/mol. The zero-order chi connectivity index (χ0) is 9.07. The summed E-state index contributed by atoms with van der Waals surface area (Å²) in [5, 5.41) is 3.06. The Hall–Kier alpha value is -0.940. The lowest BCUT2D eigenvalue weighted by Gasteiger charge is -2.18. The number of carbonyl (C=O) groups is 1.